The molecule has 6 heteroatoms. The van der Waals surface area contributed by atoms with Gasteiger partial charge in [-0.15, -0.1) is 0 Å². The predicted molar refractivity (Wildman–Crippen MR) is 41.6 cm³/mol. The van der Waals surface area contributed by atoms with Gasteiger partial charge in [-0.05, 0) is 23.7 Å². The van der Waals surface area contributed by atoms with Gasteiger partial charge in [-0.2, -0.15) is 13.2 Å². The number of hydrogen-bond acceptors (Lipinski definition) is 1. The Morgan fingerprint density at radius 3 is 2.29 bits per heavy atom. The molecule has 0 atom stereocenters. The Hall–Kier alpha value is -1.10. The van der Waals surface area contributed by atoms with Gasteiger partial charge >= 0.3 is 6.18 Å². The van der Waals surface area contributed by atoms with Gasteiger partial charge in [-0.1, -0.05) is 6.07 Å². The number of carbonyl (C=O) groups excluding carboxylic acids is 1. The summed E-state index contributed by atoms with van der Waals surface area (Å²) in [5.74, 6) is -1.64. The summed E-state index contributed by atoms with van der Waals surface area (Å²) in [5.41, 5.74) is -2.27. The Bertz CT molecular complexity index is 372. The van der Waals surface area contributed by atoms with Gasteiger partial charge in [-0.25, -0.2) is 4.39 Å². The molecule has 0 radical (unpaired) electrons. The third-order valence-corrected chi connectivity index (χ3v) is 1.72. The van der Waals surface area contributed by atoms with Crippen LogP contribution in [0.2, 0.25) is 0 Å². The quantitative estimate of drug-likeness (QED) is 0.531. The third-order valence-electron chi connectivity index (χ3n) is 1.52. The molecule has 0 heterocycles. The summed E-state index contributed by atoms with van der Waals surface area (Å²) in [6.45, 7) is 0. The number of hydrogen-bond donors (Lipinski definition) is 0. The summed E-state index contributed by atoms with van der Waals surface area (Å²) < 4.78 is 49.3. The van der Waals surface area contributed by atoms with Crippen molar-refractivity contribution in [2.24, 2.45) is 0 Å². The smallest absolute Gasteiger partial charge is 0.275 e. The molecule has 1 aromatic rings. The van der Waals surface area contributed by atoms with Gasteiger partial charge in [0.2, 0.25) is 0 Å². The van der Waals surface area contributed by atoms with E-state index >= 15 is 0 Å². The van der Waals surface area contributed by atoms with Gasteiger partial charge in [0, 0.05) is 0 Å². The number of alkyl halides is 3. The standard InChI is InChI=1S/C8H3ClF4O/c9-7(14)4-2-1-3-5(6(4)10)8(11,12)13/h1-3H. The second-order valence-corrected chi connectivity index (χ2v) is 2.78. The fourth-order valence-corrected chi connectivity index (χ4v) is 1.05. The molecular weight excluding hydrogens is 224 g/mol. The van der Waals surface area contributed by atoms with Crippen LogP contribution in [0, 0.1) is 5.82 Å². The van der Waals surface area contributed by atoms with Crippen molar-refractivity contribution in [3.63, 3.8) is 0 Å². The molecule has 1 aromatic carbocycles. The third kappa shape index (κ3) is 2.04. The van der Waals surface area contributed by atoms with Crippen LogP contribution in [0.4, 0.5) is 17.6 Å². The lowest BCUT2D eigenvalue weighted by Gasteiger charge is -2.08. The van der Waals surface area contributed by atoms with E-state index in [2.05, 4.69) is 0 Å². The van der Waals surface area contributed by atoms with Crippen molar-refractivity contribution in [2.45, 2.75) is 6.18 Å². The Labute approximate surface area is 81.3 Å². The highest BCUT2D eigenvalue weighted by Crippen LogP contribution is 2.32. The van der Waals surface area contributed by atoms with Gasteiger partial charge in [0.25, 0.3) is 5.24 Å². The average Bonchev–Trinajstić information content (AvgIpc) is 2.01. The molecule has 1 rings (SSSR count). The monoisotopic (exact) mass is 226 g/mol. The summed E-state index contributed by atoms with van der Waals surface area (Å²) in [4.78, 5) is 10.5. The van der Waals surface area contributed by atoms with Crippen molar-refractivity contribution in [1.82, 2.24) is 0 Å². The summed E-state index contributed by atoms with van der Waals surface area (Å²) in [6, 6.07) is 2.35. The first kappa shape index (κ1) is 11.0. The van der Waals surface area contributed by atoms with Gasteiger partial charge in [0.05, 0.1) is 11.1 Å². The minimum atomic E-state index is -4.83. The molecule has 0 aliphatic rings. The SMILES string of the molecule is O=C(Cl)c1cccc(C(F)(F)F)c1F. The Kier molecular flexibility index (Phi) is 2.80. The molecule has 0 spiro atoms. The van der Waals surface area contributed by atoms with Gasteiger partial charge in [-0.3, -0.25) is 4.79 Å². The zero-order valence-electron chi connectivity index (χ0n) is 6.53. The Morgan fingerprint density at radius 2 is 1.86 bits per heavy atom. The Balaban J connectivity index is 3.35. The molecule has 0 aromatic heterocycles. The van der Waals surface area contributed by atoms with Crippen LogP contribution < -0.4 is 0 Å². The van der Waals surface area contributed by atoms with Crippen molar-refractivity contribution in [2.75, 3.05) is 0 Å². The normalized spacial score (nSPS) is 11.5. The highest BCUT2D eigenvalue weighted by molar-refractivity contribution is 6.67. The minimum Gasteiger partial charge on any atom is -0.275 e. The second kappa shape index (κ2) is 3.57. The van der Waals surface area contributed by atoms with Crippen LogP contribution in [0.3, 0.4) is 0 Å². The first-order valence-electron chi connectivity index (χ1n) is 3.39. The maximum atomic E-state index is 13.0. The zero-order valence-corrected chi connectivity index (χ0v) is 7.29. The molecule has 0 fully saturated rings. The summed E-state index contributed by atoms with van der Waals surface area (Å²) in [5, 5.41) is -1.26. The molecule has 0 amide bonds. The van der Waals surface area contributed by atoms with Gasteiger partial charge < -0.3 is 0 Å². The zero-order chi connectivity index (χ0) is 10.9. The van der Waals surface area contributed by atoms with E-state index in [1.54, 1.807) is 0 Å². The van der Waals surface area contributed by atoms with E-state index < -0.39 is 28.4 Å². The fourth-order valence-electron chi connectivity index (χ4n) is 0.903. The van der Waals surface area contributed by atoms with E-state index in [0.29, 0.717) is 6.07 Å². The number of halogens is 5. The summed E-state index contributed by atoms with van der Waals surface area (Å²) in [6.07, 6.45) is -4.83. The molecule has 0 bridgehead atoms. The fraction of sp³-hybridized carbons (Fsp3) is 0.125. The molecule has 14 heavy (non-hydrogen) atoms. The molecule has 0 saturated carbocycles. The van der Waals surface area contributed by atoms with E-state index in [9.17, 15) is 22.4 Å². The van der Waals surface area contributed by atoms with Crippen LogP contribution in [0.15, 0.2) is 18.2 Å². The maximum Gasteiger partial charge on any atom is 0.419 e. The molecule has 0 saturated heterocycles. The van der Waals surface area contributed by atoms with E-state index in [0.717, 1.165) is 12.1 Å². The predicted octanol–water partition coefficient (Wildman–Crippen LogP) is 3.22. The largest absolute Gasteiger partial charge is 0.419 e. The highest BCUT2D eigenvalue weighted by Gasteiger charge is 2.35. The average molecular weight is 227 g/mol. The first-order valence-corrected chi connectivity index (χ1v) is 3.77. The van der Waals surface area contributed by atoms with Crippen LogP contribution in [0.25, 0.3) is 0 Å². The lowest BCUT2D eigenvalue weighted by molar-refractivity contribution is -0.140. The summed E-state index contributed by atoms with van der Waals surface area (Å²) >= 11 is 4.88. The summed E-state index contributed by atoms with van der Waals surface area (Å²) in [7, 11) is 0. The number of carbonyl (C=O) groups is 1. The van der Waals surface area contributed by atoms with E-state index in [1.165, 1.54) is 0 Å². The van der Waals surface area contributed by atoms with Crippen LogP contribution in [-0.2, 0) is 6.18 Å². The van der Waals surface area contributed by atoms with Gasteiger partial charge in [0.15, 0.2) is 0 Å². The molecule has 76 valence electrons. The maximum absolute atomic E-state index is 13.0. The van der Waals surface area contributed by atoms with Crippen molar-refractivity contribution in [3.05, 3.63) is 35.1 Å². The Morgan fingerprint density at radius 1 is 1.29 bits per heavy atom. The van der Waals surface area contributed by atoms with Crippen LogP contribution >= 0.6 is 11.6 Å². The van der Waals surface area contributed by atoms with Gasteiger partial charge in [0.1, 0.15) is 5.82 Å². The molecular formula is C8H3ClF4O. The molecule has 0 aliphatic carbocycles. The topological polar surface area (TPSA) is 17.1 Å². The van der Waals surface area contributed by atoms with Crippen molar-refractivity contribution < 1.29 is 22.4 Å². The molecule has 0 N–H and O–H groups in total. The minimum absolute atomic E-state index is 0.540. The van der Waals surface area contributed by atoms with Crippen LogP contribution in [0.5, 0.6) is 0 Å². The highest BCUT2D eigenvalue weighted by atomic mass is 35.5. The molecule has 0 unspecified atom stereocenters. The van der Waals surface area contributed by atoms with E-state index in [1.807, 2.05) is 0 Å². The van der Waals surface area contributed by atoms with Crippen LogP contribution in [-0.4, -0.2) is 5.24 Å². The van der Waals surface area contributed by atoms with E-state index in [-0.39, 0.29) is 0 Å². The second-order valence-electron chi connectivity index (χ2n) is 2.44. The molecule has 1 nitrogen and oxygen atoms in total. The van der Waals surface area contributed by atoms with Crippen molar-refractivity contribution in [1.29, 1.82) is 0 Å². The number of rotatable bonds is 1. The first-order chi connectivity index (χ1) is 6.34. The van der Waals surface area contributed by atoms with Crippen LogP contribution in [0.1, 0.15) is 15.9 Å². The number of benzene rings is 1. The molecule has 0 aliphatic heterocycles. The van der Waals surface area contributed by atoms with E-state index in [4.69, 9.17) is 11.6 Å². The lowest BCUT2D eigenvalue weighted by Crippen LogP contribution is -2.10. The van der Waals surface area contributed by atoms with Crippen molar-refractivity contribution >= 4 is 16.8 Å². The van der Waals surface area contributed by atoms with Crippen molar-refractivity contribution in [3.8, 4) is 0 Å². The lowest BCUT2D eigenvalue weighted by atomic mass is 10.1.